The van der Waals surface area contributed by atoms with Crippen LogP contribution in [0, 0.1) is 6.07 Å². The highest BCUT2D eigenvalue weighted by Gasteiger charge is 2.02. The smallest absolute Gasteiger partial charge is 0.221 e. The van der Waals surface area contributed by atoms with Crippen LogP contribution in [0.4, 0.5) is 22.7 Å². The molecule has 0 atom stereocenters. The van der Waals surface area contributed by atoms with E-state index in [0.29, 0.717) is 11.4 Å². The van der Waals surface area contributed by atoms with Crippen LogP contribution in [0.2, 0.25) is 0 Å². The summed E-state index contributed by atoms with van der Waals surface area (Å²) in [5.74, 6) is -0.114. The number of nitrogen functional groups attached to an aromatic ring is 1. The van der Waals surface area contributed by atoms with Crippen molar-refractivity contribution in [2.45, 2.75) is 6.92 Å². The van der Waals surface area contributed by atoms with Crippen LogP contribution in [0.15, 0.2) is 42.5 Å². The van der Waals surface area contributed by atoms with E-state index in [9.17, 15) is 4.79 Å². The first-order chi connectivity index (χ1) is 8.65. The van der Waals surface area contributed by atoms with E-state index >= 15 is 0 Å². The van der Waals surface area contributed by atoms with Crippen molar-refractivity contribution in [3.05, 3.63) is 48.5 Å². The molecule has 0 aliphatic rings. The SMILES string of the molecule is CC(=O)Nc1ccc(N)c(Nc2[c]cccc2)c1. The van der Waals surface area contributed by atoms with Crippen molar-refractivity contribution in [1.82, 2.24) is 0 Å². The monoisotopic (exact) mass is 240 g/mol. The number of hydrogen-bond donors (Lipinski definition) is 3. The number of hydrogen-bond acceptors (Lipinski definition) is 3. The molecule has 1 amide bonds. The molecule has 0 spiro atoms. The molecule has 0 aliphatic heterocycles. The first kappa shape index (κ1) is 12.0. The number of amides is 1. The summed E-state index contributed by atoms with van der Waals surface area (Å²) < 4.78 is 0. The lowest BCUT2D eigenvalue weighted by molar-refractivity contribution is -0.114. The molecule has 18 heavy (non-hydrogen) atoms. The minimum atomic E-state index is -0.114. The van der Waals surface area contributed by atoms with Gasteiger partial charge in [-0.15, -0.1) is 0 Å². The highest BCUT2D eigenvalue weighted by Crippen LogP contribution is 2.26. The van der Waals surface area contributed by atoms with Crippen molar-refractivity contribution >= 4 is 28.7 Å². The Morgan fingerprint density at radius 2 is 2.11 bits per heavy atom. The van der Waals surface area contributed by atoms with Gasteiger partial charge in [0.1, 0.15) is 0 Å². The van der Waals surface area contributed by atoms with Gasteiger partial charge in [-0.2, -0.15) is 0 Å². The maximum absolute atomic E-state index is 11.0. The first-order valence-corrected chi connectivity index (χ1v) is 5.56. The van der Waals surface area contributed by atoms with Gasteiger partial charge in [-0.3, -0.25) is 4.79 Å². The molecule has 4 heteroatoms. The van der Waals surface area contributed by atoms with Crippen LogP contribution in [0.5, 0.6) is 0 Å². The molecule has 0 heterocycles. The number of rotatable bonds is 3. The van der Waals surface area contributed by atoms with Crippen LogP contribution in [-0.2, 0) is 4.79 Å². The molecule has 0 bridgehead atoms. The van der Waals surface area contributed by atoms with Crippen LogP contribution in [0.25, 0.3) is 0 Å². The molecule has 1 radical (unpaired) electrons. The number of nitrogens with one attached hydrogen (secondary N) is 2. The van der Waals surface area contributed by atoms with Crippen molar-refractivity contribution in [1.29, 1.82) is 0 Å². The fraction of sp³-hybridized carbons (Fsp3) is 0.0714. The van der Waals surface area contributed by atoms with Crippen LogP contribution < -0.4 is 16.4 Å². The molecule has 0 saturated carbocycles. The Bertz CT molecular complexity index is 552. The van der Waals surface area contributed by atoms with E-state index in [0.717, 1.165) is 11.4 Å². The summed E-state index contributed by atoms with van der Waals surface area (Å²) in [5, 5.41) is 5.87. The molecule has 0 unspecified atom stereocenters. The standard InChI is InChI=1S/C14H14N3O/c1-10(18)16-12-7-8-13(15)14(9-12)17-11-5-3-2-4-6-11/h2-5,7-9,17H,15H2,1H3,(H,16,18). The molecule has 0 aliphatic carbocycles. The summed E-state index contributed by atoms with van der Waals surface area (Å²) in [6.07, 6.45) is 0. The maximum atomic E-state index is 11.0. The van der Waals surface area contributed by atoms with Crippen molar-refractivity contribution in [2.24, 2.45) is 0 Å². The summed E-state index contributed by atoms with van der Waals surface area (Å²) in [6.45, 7) is 1.47. The normalized spacial score (nSPS) is 9.83. The quantitative estimate of drug-likeness (QED) is 0.723. The largest absolute Gasteiger partial charge is 0.397 e. The van der Waals surface area contributed by atoms with Crippen LogP contribution >= 0.6 is 0 Å². The molecular weight excluding hydrogens is 226 g/mol. The first-order valence-electron chi connectivity index (χ1n) is 5.56. The van der Waals surface area contributed by atoms with Crippen LogP contribution in [-0.4, -0.2) is 5.91 Å². The van der Waals surface area contributed by atoms with Crippen LogP contribution in [0.1, 0.15) is 6.92 Å². The zero-order valence-electron chi connectivity index (χ0n) is 10.0. The summed E-state index contributed by atoms with van der Waals surface area (Å²) in [4.78, 5) is 11.0. The predicted octanol–water partition coefficient (Wildman–Crippen LogP) is 2.77. The average molecular weight is 240 g/mol. The fourth-order valence-corrected chi connectivity index (χ4v) is 1.56. The Kier molecular flexibility index (Phi) is 3.48. The third-order valence-corrected chi connectivity index (χ3v) is 2.35. The molecule has 0 saturated heterocycles. The maximum Gasteiger partial charge on any atom is 0.221 e. The Balaban J connectivity index is 2.24. The van der Waals surface area contributed by atoms with Crippen molar-refractivity contribution < 1.29 is 4.79 Å². The number of carbonyl (C=O) groups is 1. The van der Waals surface area contributed by atoms with Gasteiger partial charge in [-0.05, 0) is 24.3 Å². The second-order valence-electron chi connectivity index (χ2n) is 3.88. The molecule has 2 aromatic carbocycles. The summed E-state index contributed by atoms with van der Waals surface area (Å²) in [5.41, 5.74) is 8.76. The minimum absolute atomic E-state index is 0.114. The summed E-state index contributed by atoms with van der Waals surface area (Å²) in [6, 6.07) is 15.9. The highest BCUT2D eigenvalue weighted by molar-refractivity contribution is 5.90. The number of nitrogens with two attached hydrogens (primary N) is 1. The van der Waals surface area contributed by atoms with E-state index in [1.807, 2.05) is 24.3 Å². The van der Waals surface area contributed by atoms with Gasteiger partial charge in [0.2, 0.25) is 5.91 Å². The molecule has 2 rings (SSSR count). The Hall–Kier alpha value is -2.49. The van der Waals surface area contributed by atoms with Crippen LogP contribution in [0.3, 0.4) is 0 Å². The van der Waals surface area contributed by atoms with E-state index in [2.05, 4.69) is 16.7 Å². The van der Waals surface area contributed by atoms with Gasteiger partial charge in [-0.25, -0.2) is 0 Å². The highest BCUT2D eigenvalue weighted by atomic mass is 16.1. The number of para-hydroxylation sites is 1. The number of benzene rings is 2. The lowest BCUT2D eigenvalue weighted by Crippen LogP contribution is -2.06. The lowest BCUT2D eigenvalue weighted by Gasteiger charge is -2.11. The minimum Gasteiger partial charge on any atom is -0.397 e. The molecule has 91 valence electrons. The van der Waals surface area contributed by atoms with Crippen molar-refractivity contribution in [2.75, 3.05) is 16.4 Å². The molecular formula is C14H14N3O. The second-order valence-corrected chi connectivity index (χ2v) is 3.88. The molecule has 0 aromatic heterocycles. The summed E-state index contributed by atoms with van der Waals surface area (Å²) in [7, 11) is 0. The van der Waals surface area contributed by atoms with Gasteiger partial charge in [0.25, 0.3) is 0 Å². The Morgan fingerprint density at radius 3 is 2.78 bits per heavy atom. The average Bonchev–Trinajstić information content (AvgIpc) is 2.34. The molecule has 0 fully saturated rings. The van der Waals surface area contributed by atoms with E-state index in [1.54, 1.807) is 18.2 Å². The predicted molar refractivity (Wildman–Crippen MR) is 73.7 cm³/mol. The topological polar surface area (TPSA) is 67.2 Å². The second kappa shape index (κ2) is 5.23. The lowest BCUT2D eigenvalue weighted by atomic mass is 10.2. The van der Waals surface area contributed by atoms with E-state index < -0.39 is 0 Å². The van der Waals surface area contributed by atoms with E-state index in [1.165, 1.54) is 6.92 Å². The fourth-order valence-electron chi connectivity index (χ4n) is 1.56. The van der Waals surface area contributed by atoms with Gasteiger partial charge in [0.15, 0.2) is 0 Å². The van der Waals surface area contributed by atoms with Gasteiger partial charge in [0.05, 0.1) is 11.4 Å². The molecule has 2 aromatic rings. The third-order valence-electron chi connectivity index (χ3n) is 2.35. The molecule has 4 N–H and O–H groups in total. The zero-order chi connectivity index (χ0) is 13.0. The van der Waals surface area contributed by atoms with E-state index in [4.69, 9.17) is 5.73 Å². The number of carbonyl (C=O) groups excluding carboxylic acids is 1. The number of anilines is 4. The summed E-state index contributed by atoms with van der Waals surface area (Å²) >= 11 is 0. The Labute approximate surface area is 106 Å². The molecule has 4 nitrogen and oxygen atoms in total. The van der Waals surface area contributed by atoms with Gasteiger partial charge < -0.3 is 16.4 Å². The van der Waals surface area contributed by atoms with Gasteiger partial charge >= 0.3 is 0 Å². The van der Waals surface area contributed by atoms with E-state index in [-0.39, 0.29) is 5.91 Å². The zero-order valence-corrected chi connectivity index (χ0v) is 10.0. The van der Waals surface area contributed by atoms with Crippen molar-refractivity contribution in [3.8, 4) is 0 Å². The van der Waals surface area contributed by atoms with Gasteiger partial charge in [-0.1, -0.05) is 18.2 Å². The van der Waals surface area contributed by atoms with Gasteiger partial charge in [0, 0.05) is 24.4 Å². The van der Waals surface area contributed by atoms with Crippen molar-refractivity contribution in [3.63, 3.8) is 0 Å². The Morgan fingerprint density at radius 1 is 1.28 bits per heavy atom. The third kappa shape index (κ3) is 3.01.